The molecule has 13 rings (SSSR count). The predicted octanol–water partition coefficient (Wildman–Crippen LogP) is 14.0. The van der Waals surface area contributed by atoms with Crippen LogP contribution in [0.4, 0.5) is 34.1 Å². The van der Waals surface area contributed by atoms with E-state index in [1.165, 1.54) is 21.5 Å². The molecule has 63 heavy (non-hydrogen) atoms. The predicted molar refractivity (Wildman–Crippen MR) is 264 cm³/mol. The third-order valence-electron chi connectivity index (χ3n) is 12.9. The number of ether oxygens (including phenoxy) is 2. The van der Waals surface area contributed by atoms with Crippen molar-refractivity contribution in [3.63, 3.8) is 0 Å². The van der Waals surface area contributed by atoms with Crippen LogP contribution in [0.25, 0.3) is 43.1 Å². The summed E-state index contributed by atoms with van der Waals surface area (Å²) in [5.41, 5.74) is 9.74. The molecule has 0 radical (unpaired) electrons. The van der Waals surface area contributed by atoms with Crippen LogP contribution < -0.4 is 35.7 Å². The minimum Gasteiger partial charge on any atom is -0.458 e. The normalized spacial score (nSPS) is 12.3. The smallest absolute Gasteiger partial charge is 0.262 e. The Kier molecular flexibility index (Phi) is 7.97. The van der Waals surface area contributed by atoms with Crippen LogP contribution in [-0.2, 0) is 0 Å². The van der Waals surface area contributed by atoms with Gasteiger partial charge in [-0.2, -0.15) is 0 Å². The van der Waals surface area contributed by atoms with Crippen LogP contribution in [-0.4, -0.2) is 6.71 Å². The van der Waals surface area contributed by atoms with Gasteiger partial charge in [0.15, 0.2) is 0 Å². The molecule has 0 atom stereocenters. The second kappa shape index (κ2) is 14.2. The Labute approximate surface area is 365 Å². The monoisotopic (exact) mass is 804 g/mol. The van der Waals surface area contributed by atoms with Crippen LogP contribution in [0.1, 0.15) is 0 Å². The van der Waals surface area contributed by atoms with Gasteiger partial charge in [0.05, 0.1) is 17.1 Å². The molecule has 0 aromatic heterocycles. The summed E-state index contributed by atoms with van der Waals surface area (Å²) < 4.78 is 14.2. The fourth-order valence-electron chi connectivity index (χ4n) is 10.3. The highest BCUT2D eigenvalue weighted by molar-refractivity contribution is 7.01. The van der Waals surface area contributed by atoms with E-state index < -0.39 is 0 Å². The number of rotatable bonds is 6. The first kappa shape index (κ1) is 35.5. The molecule has 2 aliphatic rings. The summed E-state index contributed by atoms with van der Waals surface area (Å²) in [6.07, 6.45) is 0. The first-order valence-corrected chi connectivity index (χ1v) is 21.5. The zero-order valence-corrected chi connectivity index (χ0v) is 34.2. The Morgan fingerprint density at radius 1 is 0.270 bits per heavy atom. The van der Waals surface area contributed by atoms with Gasteiger partial charge in [-0.25, -0.2) is 0 Å². The Balaban J connectivity index is 1.09. The van der Waals surface area contributed by atoms with Crippen molar-refractivity contribution in [1.82, 2.24) is 0 Å². The second-order valence-electron chi connectivity index (χ2n) is 16.4. The summed E-state index contributed by atoms with van der Waals surface area (Å²) in [4.78, 5) is 4.76. The lowest BCUT2D eigenvalue weighted by molar-refractivity contribution is 0.465. The van der Waals surface area contributed by atoms with Crippen molar-refractivity contribution in [2.24, 2.45) is 0 Å². The highest BCUT2D eigenvalue weighted by Crippen LogP contribution is 2.48. The molecule has 0 bridgehead atoms. The summed E-state index contributed by atoms with van der Waals surface area (Å²) in [6, 6.07) is 80.1. The van der Waals surface area contributed by atoms with Gasteiger partial charge in [-0.05, 0) is 92.5 Å². The molecule has 294 valence electrons. The molecule has 0 unspecified atom stereocenters. The van der Waals surface area contributed by atoms with Gasteiger partial charge in [-0.1, -0.05) is 158 Å². The molecule has 0 N–H and O–H groups in total. The molecule has 11 aromatic carbocycles. The second-order valence-corrected chi connectivity index (χ2v) is 16.4. The SMILES string of the molecule is c1ccc(N(c2ccccc2)c2cc3c(c4ccccc24)B2c4c(cccc4Oc4cc(N(c5ccccc5)c5cc6ccccc6c6ccccc56)c5ccccc5c42)O3)cc1. The van der Waals surface area contributed by atoms with E-state index in [1.807, 2.05) is 6.07 Å². The lowest BCUT2D eigenvalue weighted by atomic mass is 9.33. The van der Waals surface area contributed by atoms with Gasteiger partial charge in [0.25, 0.3) is 6.71 Å². The van der Waals surface area contributed by atoms with E-state index >= 15 is 0 Å². The van der Waals surface area contributed by atoms with E-state index in [0.717, 1.165) is 95.1 Å². The molecule has 0 fully saturated rings. The van der Waals surface area contributed by atoms with E-state index in [4.69, 9.17) is 9.47 Å². The average Bonchev–Trinajstić information content (AvgIpc) is 3.35. The van der Waals surface area contributed by atoms with Gasteiger partial charge in [0.2, 0.25) is 0 Å². The summed E-state index contributed by atoms with van der Waals surface area (Å²) >= 11 is 0. The van der Waals surface area contributed by atoms with Crippen molar-refractivity contribution in [2.75, 3.05) is 9.80 Å². The zero-order valence-electron chi connectivity index (χ0n) is 34.2. The first-order valence-electron chi connectivity index (χ1n) is 21.5. The van der Waals surface area contributed by atoms with Crippen LogP contribution >= 0.6 is 0 Å². The molecule has 0 saturated carbocycles. The maximum absolute atomic E-state index is 7.14. The molecule has 0 amide bonds. The standard InChI is InChI=1S/C58H37BN2O2/c1-4-20-39(21-5-1)60(40-22-6-2-7-23-40)50-36-54-56(47-31-16-14-29-45(47)50)59-57-48-32-17-15-30-46(48)51(37-55(57)63-53-34-18-33-52(62-54)58(53)59)61(41-24-8-3-9-25-41)49-35-38-19-10-11-26-42(38)43-27-12-13-28-44(43)49/h1-37H. The molecule has 2 heterocycles. The number of fused-ring (bicyclic) bond motifs is 11. The maximum atomic E-state index is 7.14. The summed E-state index contributed by atoms with van der Waals surface area (Å²) in [5, 5.41) is 9.37. The van der Waals surface area contributed by atoms with Crippen molar-refractivity contribution < 1.29 is 9.47 Å². The van der Waals surface area contributed by atoms with E-state index in [9.17, 15) is 0 Å². The highest BCUT2D eigenvalue weighted by Gasteiger charge is 2.43. The minimum atomic E-state index is -0.171. The maximum Gasteiger partial charge on any atom is 0.262 e. The molecule has 0 spiro atoms. The Hall–Kier alpha value is -8.28. The van der Waals surface area contributed by atoms with Crippen LogP contribution in [0.5, 0.6) is 23.0 Å². The van der Waals surface area contributed by atoms with Gasteiger partial charge < -0.3 is 19.3 Å². The molecule has 0 aliphatic carbocycles. The Bertz CT molecular complexity index is 3560. The lowest BCUT2D eigenvalue weighted by Crippen LogP contribution is -2.58. The third kappa shape index (κ3) is 5.50. The largest absolute Gasteiger partial charge is 0.458 e. The van der Waals surface area contributed by atoms with Crippen molar-refractivity contribution >= 4 is 100 Å². The molecular formula is C58H37BN2O2. The number of hydrogen-bond acceptors (Lipinski definition) is 4. The Morgan fingerprint density at radius 2 is 0.651 bits per heavy atom. The fourth-order valence-corrected chi connectivity index (χ4v) is 10.3. The van der Waals surface area contributed by atoms with E-state index in [0.29, 0.717) is 0 Å². The molecule has 0 saturated heterocycles. The average molecular weight is 805 g/mol. The zero-order chi connectivity index (χ0) is 41.4. The van der Waals surface area contributed by atoms with Crippen molar-refractivity contribution in [1.29, 1.82) is 0 Å². The minimum absolute atomic E-state index is 0.171. The van der Waals surface area contributed by atoms with Crippen molar-refractivity contribution in [2.45, 2.75) is 0 Å². The van der Waals surface area contributed by atoms with Crippen LogP contribution in [0.15, 0.2) is 224 Å². The van der Waals surface area contributed by atoms with Crippen molar-refractivity contribution in [3.05, 3.63) is 224 Å². The molecule has 11 aromatic rings. The summed E-state index contributed by atoms with van der Waals surface area (Å²) in [5.74, 6) is 3.29. The quantitative estimate of drug-likeness (QED) is 0.123. The van der Waals surface area contributed by atoms with Gasteiger partial charge in [0.1, 0.15) is 23.0 Å². The number of benzene rings is 11. The van der Waals surface area contributed by atoms with E-state index in [-0.39, 0.29) is 6.71 Å². The lowest BCUT2D eigenvalue weighted by Gasteiger charge is -2.37. The van der Waals surface area contributed by atoms with Crippen LogP contribution in [0, 0.1) is 0 Å². The van der Waals surface area contributed by atoms with Crippen LogP contribution in [0.2, 0.25) is 0 Å². The number of hydrogen-bond donors (Lipinski definition) is 0. The summed E-state index contributed by atoms with van der Waals surface area (Å²) in [6.45, 7) is -0.171. The molecule has 4 nitrogen and oxygen atoms in total. The van der Waals surface area contributed by atoms with Crippen LogP contribution in [0.3, 0.4) is 0 Å². The number of para-hydroxylation sites is 3. The van der Waals surface area contributed by atoms with Gasteiger partial charge in [-0.3, -0.25) is 0 Å². The Morgan fingerprint density at radius 3 is 1.17 bits per heavy atom. The fraction of sp³-hybridized carbons (Fsp3) is 0. The topological polar surface area (TPSA) is 24.9 Å². The molecule has 2 aliphatic heterocycles. The third-order valence-corrected chi connectivity index (χ3v) is 12.9. The number of anilines is 6. The van der Waals surface area contributed by atoms with E-state index in [2.05, 4.69) is 228 Å². The molecule has 5 heteroatoms. The number of nitrogens with zero attached hydrogens (tertiary/aromatic N) is 2. The summed E-state index contributed by atoms with van der Waals surface area (Å²) in [7, 11) is 0. The highest BCUT2D eigenvalue weighted by atomic mass is 16.5. The van der Waals surface area contributed by atoms with Crippen molar-refractivity contribution in [3.8, 4) is 23.0 Å². The van der Waals surface area contributed by atoms with Gasteiger partial charge in [0, 0.05) is 50.8 Å². The van der Waals surface area contributed by atoms with E-state index in [1.54, 1.807) is 0 Å². The van der Waals surface area contributed by atoms with Gasteiger partial charge >= 0.3 is 0 Å². The van der Waals surface area contributed by atoms with Gasteiger partial charge in [-0.15, -0.1) is 0 Å². The first-order chi connectivity index (χ1) is 31.3. The molecular weight excluding hydrogens is 767 g/mol.